The van der Waals surface area contributed by atoms with Crippen LogP contribution in [0.5, 0.6) is 0 Å². The van der Waals surface area contributed by atoms with E-state index >= 15 is 0 Å². The van der Waals surface area contributed by atoms with Crippen LogP contribution < -0.4 is 10.6 Å². The molecular weight excluding hydrogens is 379 g/mol. The van der Waals surface area contributed by atoms with Crippen molar-refractivity contribution in [3.63, 3.8) is 0 Å². The van der Waals surface area contributed by atoms with E-state index in [1.54, 1.807) is 29.9 Å². The summed E-state index contributed by atoms with van der Waals surface area (Å²) >= 11 is 1.61. The zero-order valence-electron chi connectivity index (χ0n) is 13.2. The summed E-state index contributed by atoms with van der Waals surface area (Å²) in [5, 5.41) is 11.4. The first-order valence-corrected chi connectivity index (χ1v) is 8.44. The molecule has 3 heterocycles. The molecule has 2 atom stereocenters. The molecule has 0 radical (unpaired) electrons. The van der Waals surface area contributed by atoms with Gasteiger partial charge in [-0.25, -0.2) is 4.98 Å². The van der Waals surface area contributed by atoms with Gasteiger partial charge in [0.25, 0.3) is 0 Å². The Bertz CT molecular complexity index is 838. The van der Waals surface area contributed by atoms with Crippen molar-refractivity contribution in [2.45, 2.75) is 5.92 Å². The standard InChI is InChI=1S/C17H16N4OS.2ClH/c22-16(13-9-19-10-14(13)17-20-6-7-23-17)21-15-3-1-2-11-8-18-5-4-12(11)15;;/h1-8,13-14,19H,9-10H2,(H,21,22);2*1H. The Balaban J connectivity index is 0.00000113. The predicted molar refractivity (Wildman–Crippen MR) is 106 cm³/mol. The highest BCUT2D eigenvalue weighted by Crippen LogP contribution is 2.31. The lowest BCUT2D eigenvalue weighted by Crippen LogP contribution is -2.28. The quantitative estimate of drug-likeness (QED) is 0.710. The topological polar surface area (TPSA) is 66.9 Å². The van der Waals surface area contributed by atoms with E-state index in [1.165, 1.54) is 0 Å². The van der Waals surface area contributed by atoms with Gasteiger partial charge in [-0.2, -0.15) is 0 Å². The second-order valence-corrected chi connectivity index (χ2v) is 6.56. The Morgan fingerprint density at radius 2 is 2.08 bits per heavy atom. The maximum atomic E-state index is 12.8. The molecule has 2 N–H and O–H groups in total. The molecular formula is C17H18Cl2N4OS. The molecule has 1 fully saturated rings. The van der Waals surface area contributed by atoms with Gasteiger partial charge in [-0.1, -0.05) is 12.1 Å². The normalized spacial score (nSPS) is 19.0. The maximum Gasteiger partial charge on any atom is 0.229 e. The van der Waals surface area contributed by atoms with E-state index in [0.717, 1.165) is 28.0 Å². The molecule has 1 saturated heterocycles. The van der Waals surface area contributed by atoms with Crippen molar-refractivity contribution in [3.8, 4) is 0 Å². The lowest BCUT2D eigenvalue weighted by atomic mass is 9.95. The summed E-state index contributed by atoms with van der Waals surface area (Å²) < 4.78 is 0. The fraction of sp³-hybridized carbons (Fsp3) is 0.235. The average Bonchev–Trinajstić information content (AvgIpc) is 3.26. The molecule has 2 unspecified atom stereocenters. The molecule has 1 aliphatic rings. The SMILES string of the molecule is Cl.Cl.O=C(Nc1cccc2cnccc12)C1CNCC1c1nccs1. The van der Waals surface area contributed by atoms with Crippen molar-refractivity contribution in [1.29, 1.82) is 0 Å². The number of nitrogens with zero attached hydrogens (tertiary/aromatic N) is 2. The third-order valence-electron chi connectivity index (χ3n) is 4.26. The first-order chi connectivity index (χ1) is 11.3. The predicted octanol–water partition coefficient (Wildman–Crippen LogP) is 3.48. The number of thiazole rings is 1. The van der Waals surface area contributed by atoms with Crippen molar-refractivity contribution < 1.29 is 4.79 Å². The van der Waals surface area contributed by atoms with Crippen molar-refractivity contribution in [3.05, 3.63) is 53.2 Å². The Morgan fingerprint density at radius 3 is 2.88 bits per heavy atom. The summed E-state index contributed by atoms with van der Waals surface area (Å²) in [4.78, 5) is 21.3. The first-order valence-electron chi connectivity index (χ1n) is 7.56. The van der Waals surface area contributed by atoms with Crippen LogP contribution in [0.4, 0.5) is 5.69 Å². The van der Waals surface area contributed by atoms with Crippen LogP contribution in [0.1, 0.15) is 10.9 Å². The number of hydrogen-bond donors (Lipinski definition) is 2. The summed E-state index contributed by atoms with van der Waals surface area (Å²) in [6.45, 7) is 1.48. The fourth-order valence-electron chi connectivity index (χ4n) is 3.09. The van der Waals surface area contributed by atoms with Crippen LogP contribution in [0.15, 0.2) is 48.2 Å². The van der Waals surface area contributed by atoms with E-state index in [-0.39, 0.29) is 42.6 Å². The van der Waals surface area contributed by atoms with E-state index in [1.807, 2.05) is 29.6 Å². The van der Waals surface area contributed by atoms with Gasteiger partial charge < -0.3 is 10.6 Å². The molecule has 1 aliphatic heterocycles. The van der Waals surface area contributed by atoms with Gasteiger partial charge in [-0.05, 0) is 12.1 Å². The Morgan fingerprint density at radius 1 is 1.20 bits per heavy atom. The number of carbonyl (C=O) groups is 1. The summed E-state index contributed by atoms with van der Waals surface area (Å²) in [5.74, 6) is 0.0874. The van der Waals surface area contributed by atoms with Crippen LogP contribution in [0.2, 0.25) is 0 Å². The van der Waals surface area contributed by atoms with Gasteiger partial charge in [-0.3, -0.25) is 9.78 Å². The lowest BCUT2D eigenvalue weighted by Gasteiger charge is -2.17. The summed E-state index contributed by atoms with van der Waals surface area (Å²) in [6.07, 6.45) is 5.35. The van der Waals surface area contributed by atoms with Crippen molar-refractivity contribution in [2.24, 2.45) is 5.92 Å². The number of carbonyl (C=O) groups excluding carboxylic acids is 1. The van der Waals surface area contributed by atoms with Crippen molar-refractivity contribution in [1.82, 2.24) is 15.3 Å². The first kappa shape index (κ1) is 19.6. The van der Waals surface area contributed by atoms with Crippen LogP contribution in [0, 0.1) is 5.92 Å². The van der Waals surface area contributed by atoms with E-state index in [4.69, 9.17) is 0 Å². The Hall–Kier alpha value is -1.73. The Kier molecular flexibility index (Phi) is 6.72. The zero-order chi connectivity index (χ0) is 15.6. The van der Waals surface area contributed by atoms with Gasteiger partial charge >= 0.3 is 0 Å². The van der Waals surface area contributed by atoms with Gasteiger partial charge in [0, 0.05) is 59.4 Å². The number of rotatable bonds is 3. The number of aromatic nitrogens is 2. The van der Waals surface area contributed by atoms with Crippen molar-refractivity contribution in [2.75, 3.05) is 18.4 Å². The third kappa shape index (κ3) is 3.93. The van der Waals surface area contributed by atoms with E-state index in [9.17, 15) is 4.79 Å². The molecule has 0 aliphatic carbocycles. The molecule has 0 bridgehead atoms. The monoisotopic (exact) mass is 396 g/mol. The van der Waals surface area contributed by atoms with Crippen LogP contribution in [0.25, 0.3) is 10.8 Å². The third-order valence-corrected chi connectivity index (χ3v) is 5.17. The highest BCUT2D eigenvalue weighted by Gasteiger charge is 2.35. The number of fused-ring (bicyclic) bond motifs is 1. The Labute approximate surface area is 162 Å². The molecule has 3 aromatic rings. The minimum Gasteiger partial charge on any atom is -0.325 e. The molecule has 1 amide bonds. The summed E-state index contributed by atoms with van der Waals surface area (Å²) in [5.41, 5.74) is 0.833. The van der Waals surface area contributed by atoms with Gasteiger partial charge in [0.15, 0.2) is 0 Å². The smallest absolute Gasteiger partial charge is 0.229 e. The molecule has 2 aromatic heterocycles. The van der Waals surface area contributed by atoms with Crippen LogP contribution in [0.3, 0.4) is 0 Å². The lowest BCUT2D eigenvalue weighted by molar-refractivity contribution is -0.119. The molecule has 25 heavy (non-hydrogen) atoms. The number of halogens is 2. The second kappa shape index (κ2) is 8.58. The van der Waals surface area contributed by atoms with Crippen LogP contribution in [-0.2, 0) is 4.79 Å². The minimum atomic E-state index is -0.0988. The zero-order valence-corrected chi connectivity index (χ0v) is 15.7. The number of benzene rings is 1. The molecule has 1 aromatic carbocycles. The maximum absolute atomic E-state index is 12.8. The molecule has 4 rings (SSSR count). The van der Waals surface area contributed by atoms with Crippen LogP contribution >= 0.6 is 36.2 Å². The highest BCUT2D eigenvalue weighted by molar-refractivity contribution is 7.09. The molecule has 132 valence electrons. The number of anilines is 1. The molecule has 8 heteroatoms. The number of hydrogen-bond acceptors (Lipinski definition) is 5. The van der Waals surface area contributed by atoms with E-state index in [2.05, 4.69) is 20.6 Å². The molecule has 0 saturated carbocycles. The molecule has 5 nitrogen and oxygen atoms in total. The second-order valence-electron chi connectivity index (χ2n) is 5.63. The highest BCUT2D eigenvalue weighted by atomic mass is 35.5. The van der Waals surface area contributed by atoms with E-state index in [0.29, 0.717) is 6.54 Å². The number of amides is 1. The van der Waals surface area contributed by atoms with Gasteiger partial charge in [0.05, 0.1) is 10.9 Å². The van der Waals surface area contributed by atoms with Gasteiger partial charge in [0.2, 0.25) is 5.91 Å². The van der Waals surface area contributed by atoms with E-state index < -0.39 is 0 Å². The van der Waals surface area contributed by atoms with Crippen LogP contribution in [-0.4, -0.2) is 29.0 Å². The van der Waals surface area contributed by atoms with Crippen molar-refractivity contribution >= 4 is 58.5 Å². The summed E-state index contributed by atoms with van der Waals surface area (Å²) in [6, 6.07) is 7.79. The van der Waals surface area contributed by atoms with Gasteiger partial charge in [-0.15, -0.1) is 36.2 Å². The summed E-state index contributed by atoms with van der Waals surface area (Å²) in [7, 11) is 0. The minimum absolute atomic E-state index is 0. The largest absolute Gasteiger partial charge is 0.325 e. The fourth-order valence-corrected chi connectivity index (χ4v) is 3.89. The average molecular weight is 397 g/mol. The number of pyridine rings is 1. The number of nitrogens with one attached hydrogen (secondary N) is 2. The van der Waals surface area contributed by atoms with Gasteiger partial charge in [0.1, 0.15) is 0 Å². The molecule has 0 spiro atoms.